The number of nitrogens with one attached hydrogen (secondary N) is 3. The second-order valence-corrected chi connectivity index (χ2v) is 6.60. The summed E-state index contributed by atoms with van der Waals surface area (Å²) in [6.45, 7) is -0.0313. The quantitative estimate of drug-likeness (QED) is 0.528. The van der Waals surface area contributed by atoms with Gasteiger partial charge in [-0.2, -0.15) is 5.10 Å². The highest BCUT2D eigenvalue weighted by Crippen LogP contribution is 2.02. The SMILES string of the molecule is CS(=O)(=O)NCCNS(=O)(=O)c1cn[nH]c1. The fraction of sp³-hybridized carbons (Fsp3) is 0.500. The van der Waals surface area contributed by atoms with E-state index in [0.717, 1.165) is 12.5 Å². The van der Waals surface area contributed by atoms with Crippen LogP contribution in [0, 0.1) is 0 Å². The van der Waals surface area contributed by atoms with Gasteiger partial charge in [-0.25, -0.2) is 26.3 Å². The summed E-state index contributed by atoms with van der Waals surface area (Å²) in [4.78, 5) is 0.00635. The summed E-state index contributed by atoms with van der Waals surface area (Å²) in [7, 11) is -6.91. The van der Waals surface area contributed by atoms with Crippen molar-refractivity contribution in [2.24, 2.45) is 0 Å². The van der Waals surface area contributed by atoms with Crippen molar-refractivity contribution in [3.63, 3.8) is 0 Å². The van der Waals surface area contributed by atoms with Crippen molar-refractivity contribution in [3.8, 4) is 0 Å². The number of nitrogens with zero attached hydrogens (tertiary/aromatic N) is 1. The lowest BCUT2D eigenvalue weighted by molar-refractivity contribution is 0.573. The van der Waals surface area contributed by atoms with Crippen LogP contribution in [0.1, 0.15) is 0 Å². The lowest BCUT2D eigenvalue weighted by Crippen LogP contribution is -2.34. The second kappa shape index (κ2) is 4.91. The van der Waals surface area contributed by atoms with Gasteiger partial charge < -0.3 is 0 Å². The number of aromatic amines is 1. The van der Waals surface area contributed by atoms with Crippen molar-refractivity contribution in [3.05, 3.63) is 12.4 Å². The normalized spacial score (nSPS) is 12.8. The van der Waals surface area contributed by atoms with Crippen LogP contribution in [0.4, 0.5) is 0 Å². The molecule has 1 rings (SSSR count). The molecule has 0 fully saturated rings. The van der Waals surface area contributed by atoms with Crippen LogP contribution in [0.5, 0.6) is 0 Å². The van der Waals surface area contributed by atoms with Gasteiger partial charge in [0.05, 0.1) is 12.5 Å². The van der Waals surface area contributed by atoms with E-state index >= 15 is 0 Å². The number of H-pyrrole nitrogens is 1. The molecule has 0 radical (unpaired) electrons. The van der Waals surface area contributed by atoms with E-state index in [1.54, 1.807) is 0 Å². The molecule has 0 aliphatic heterocycles. The molecule has 0 aromatic carbocycles. The number of aromatic nitrogens is 2. The Balaban J connectivity index is 2.45. The minimum atomic E-state index is -3.61. The molecule has 10 heteroatoms. The largest absolute Gasteiger partial charge is 0.284 e. The molecule has 0 spiro atoms. The third-order valence-electron chi connectivity index (χ3n) is 1.56. The Morgan fingerprint density at radius 3 is 2.38 bits per heavy atom. The molecule has 0 unspecified atom stereocenters. The lowest BCUT2D eigenvalue weighted by Gasteiger charge is -2.04. The average molecular weight is 268 g/mol. The molecular formula is C6H12N4O4S2. The van der Waals surface area contributed by atoms with Gasteiger partial charge in [-0.3, -0.25) is 5.10 Å². The first kappa shape index (κ1) is 13.1. The van der Waals surface area contributed by atoms with Gasteiger partial charge in [-0.05, 0) is 0 Å². The van der Waals surface area contributed by atoms with Gasteiger partial charge in [0.25, 0.3) is 0 Å². The molecule has 0 aliphatic rings. The van der Waals surface area contributed by atoms with Crippen LogP contribution in [0.3, 0.4) is 0 Å². The Bertz CT molecular complexity index is 519. The molecule has 1 aromatic rings. The molecule has 92 valence electrons. The fourth-order valence-corrected chi connectivity index (χ4v) is 2.30. The first-order valence-corrected chi connectivity index (χ1v) is 7.62. The van der Waals surface area contributed by atoms with Gasteiger partial charge in [0.1, 0.15) is 4.90 Å². The van der Waals surface area contributed by atoms with E-state index in [1.165, 1.54) is 6.20 Å². The van der Waals surface area contributed by atoms with Crippen LogP contribution >= 0.6 is 0 Å². The monoisotopic (exact) mass is 268 g/mol. The van der Waals surface area contributed by atoms with Gasteiger partial charge in [-0.1, -0.05) is 0 Å². The van der Waals surface area contributed by atoms with E-state index in [0.29, 0.717) is 0 Å². The van der Waals surface area contributed by atoms with Crippen LogP contribution in [-0.2, 0) is 20.0 Å². The number of hydrogen-bond acceptors (Lipinski definition) is 5. The van der Waals surface area contributed by atoms with Crippen molar-refractivity contribution in [1.82, 2.24) is 19.6 Å². The van der Waals surface area contributed by atoms with Gasteiger partial charge in [0.15, 0.2) is 0 Å². The molecule has 1 heterocycles. The first-order chi connectivity index (χ1) is 7.31. The maximum Gasteiger partial charge on any atom is 0.243 e. The zero-order valence-corrected chi connectivity index (χ0v) is 10.1. The van der Waals surface area contributed by atoms with Crippen LogP contribution in [0.25, 0.3) is 0 Å². The molecule has 0 atom stereocenters. The molecule has 0 saturated carbocycles. The van der Waals surface area contributed by atoms with Crippen molar-refractivity contribution >= 4 is 20.0 Å². The van der Waals surface area contributed by atoms with Gasteiger partial charge in [0.2, 0.25) is 20.0 Å². The zero-order valence-electron chi connectivity index (χ0n) is 8.47. The molecule has 0 aliphatic carbocycles. The zero-order chi connectivity index (χ0) is 12.2. The molecule has 3 N–H and O–H groups in total. The summed E-state index contributed by atoms with van der Waals surface area (Å²) in [6.07, 6.45) is 3.39. The summed E-state index contributed by atoms with van der Waals surface area (Å²) in [5.74, 6) is 0. The average Bonchev–Trinajstić information content (AvgIpc) is 2.64. The van der Waals surface area contributed by atoms with E-state index < -0.39 is 20.0 Å². The summed E-state index contributed by atoms with van der Waals surface area (Å²) in [5, 5.41) is 5.87. The van der Waals surface area contributed by atoms with Crippen LogP contribution < -0.4 is 9.44 Å². The van der Waals surface area contributed by atoms with Crippen molar-refractivity contribution in [2.45, 2.75) is 4.90 Å². The maximum absolute atomic E-state index is 11.5. The second-order valence-electron chi connectivity index (χ2n) is 3.00. The van der Waals surface area contributed by atoms with E-state index in [9.17, 15) is 16.8 Å². The summed E-state index contributed by atoms with van der Waals surface area (Å²) >= 11 is 0. The summed E-state index contributed by atoms with van der Waals surface area (Å²) in [5.41, 5.74) is 0. The third-order valence-corrected chi connectivity index (χ3v) is 3.72. The Hall–Kier alpha value is -0.970. The Kier molecular flexibility index (Phi) is 4.02. The van der Waals surface area contributed by atoms with Crippen LogP contribution in [0.2, 0.25) is 0 Å². The number of sulfonamides is 2. The third kappa shape index (κ3) is 4.26. The van der Waals surface area contributed by atoms with E-state index in [-0.39, 0.29) is 18.0 Å². The van der Waals surface area contributed by atoms with Crippen LogP contribution in [-0.4, -0.2) is 46.4 Å². The Morgan fingerprint density at radius 1 is 1.25 bits per heavy atom. The van der Waals surface area contributed by atoms with Gasteiger partial charge in [0, 0.05) is 19.3 Å². The van der Waals surface area contributed by atoms with Crippen LogP contribution in [0.15, 0.2) is 17.3 Å². The topological polar surface area (TPSA) is 121 Å². The standard InChI is InChI=1S/C6H12N4O4S2/c1-15(11,12)9-2-3-10-16(13,14)6-4-7-8-5-6/h4-5,9-10H,2-3H2,1H3,(H,7,8). The molecule has 16 heavy (non-hydrogen) atoms. The number of rotatable bonds is 6. The Labute approximate surface area is 93.5 Å². The highest BCUT2D eigenvalue weighted by molar-refractivity contribution is 7.89. The molecular weight excluding hydrogens is 256 g/mol. The number of hydrogen-bond donors (Lipinski definition) is 3. The molecule has 8 nitrogen and oxygen atoms in total. The minimum Gasteiger partial charge on any atom is -0.284 e. The summed E-state index contributed by atoms with van der Waals surface area (Å²) in [6, 6.07) is 0. The van der Waals surface area contributed by atoms with E-state index in [1.807, 2.05) is 0 Å². The minimum absolute atomic E-state index is 0.00405. The fourth-order valence-electron chi connectivity index (χ4n) is 0.891. The van der Waals surface area contributed by atoms with Crippen molar-refractivity contribution < 1.29 is 16.8 Å². The van der Waals surface area contributed by atoms with Crippen molar-refractivity contribution in [2.75, 3.05) is 19.3 Å². The van der Waals surface area contributed by atoms with Gasteiger partial charge in [-0.15, -0.1) is 0 Å². The maximum atomic E-state index is 11.5. The molecule has 0 saturated heterocycles. The summed E-state index contributed by atoms with van der Waals surface area (Å²) < 4.78 is 48.7. The Morgan fingerprint density at radius 2 is 1.88 bits per heavy atom. The van der Waals surface area contributed by atoms with Gasteiger partial charge >= 0.3 is 0 Å². The lowest BCUT2D eigenvalue weighted by atomic mass is 10.7. The first-order valence-electron chi connectivity index (χ1n) is 4.24. The molecule has 0 bridgehead atoms. The van der Waals surface area contributed by atoms with E-state index in [4.69, 9.17) is 0 Å². The highest BCUT2D eigenvalue weighted by Gasteiger charge is 2.14. The van der Waals surface area contributed by atoms with E-state index in [2.05, 4.69) is 19.6 Å². The predicted molar refractivity (Wildman–Crippen MR) is 56.6 cm³/mol. The predicted octanol–water partition coefficient (Wildman–Crippen LogP) is -1.76. The molecule has 1 aromatic heterocycles. The smallest absolute Gasteiger partial charge is 0.243 e. The molecule has 0 amide bonds. The highest BCUT2D eigenvalue weighted by atomic mass is 32.2. The van der Waals surface area contributed by atoms with Crippen molar-refractivity contribution in [1.29, 1.82) is 0 Å².